The third-order valence-corrected chi connectivity index (χ3v) is 2.70. The van der Waals surface area contributed by atoms with Crippen LogP contribution in [0.3, 0.4) is 0 Å². The molecule has 1 unspecified atom stereocenters. The minimum atomic E-state index is -0.0855. The molecule has 0 spiro atoms. The van der Waals surface area contributed by atoms with Crippen LogP contribution in [0.2, 0.25) is 5.02 Å². The Morgan fingerprint density at radius 2 is 2.50 bits per heavy atom. The van der Waals surface area contributed by atoms with Crippen LogP contribution in [0.25, 0.3) is 0 Å². The summed E-state index contributed by atoms with van der Waals surface area (Å²) in [7, 11) is 0. The number of hydrogen-bond donors (Lipinski definition) is 0. The number of hydrogen-bond acceptors (Lipinski definition) is 3. The van der Waals surface area contributed by atoms with Crippen LogP contribution < -0.4 is 0 Å². The molecular weight excluding hydrogens is 228 g/mol. The zero-order valence-corrected chi connectivity index (χ0v) is 9.78. The molecule has 1 aromatic heterocycles. The monoisotopic (exact) mass is 240 g/mol. The first-order valence-electron chi connectivity index (χ1n) is 5.19. The number of rotatable bonds is 1. The van der Waals surface area contributed by atoms with E-state index < -0.39 is 0 Å². The van der Waals surface area contributed by atoms with Gasteiger partial charge in [0.05, 0.1) is 12.7 Å². The van der Waals surface area contributed by atoms with E-state index in [-0.39, 0.29) is 12.0 Å². The van der Waals surface area contributed by atoms with Gasteiger partial charge in [0.25, 0.3) is 5.91 Å². The van der Waals surface area contributed by atoms with Gasteiger partial charge in [-0.2, -0.15) is 0 Å². The SMILES string of the molecule is CC1CN(C(=O)c2cc(Cl)ccn2)CCO1. The van der Waals surface area contributed by atoms with E-state index in [9.17, 15) is 4.79 Å². The second-order valence-corrected chi connectivity index (χ2v) is 4.23. The van der Waals surface area contributed by atoms with E-state index in [4.69, 9.17) is 16.3 Å². The van der Waals surface area contributed by atoms with Crippen molar-refractivity contribution in [1.82, 2.24) is 9.88 Å². The largest absolute Gasteiger partial charge is 0.375 e. The van der Waals surface area contributed by atoms with E-state index in [0.29, 0.717) is 30.4 Å². The van der Waals surface area contributed by atoms with Crippen molar-refractivity contribution in [3.63, 3.8) is 0 Å². The normalized spacial score (nSPS) is 20.9. The Morgan fingerprint density at radius 3 is 3.19 bits per heavy atom. The summed E-state index contributed by atoms with van der Waals surface area (Å²) in [5.74, 6) is -0.0855. The fraction of sp³-hybridized carbons (Fsp3) is 0.455. The Labute approximate surface area is 99.2 Å². The highest BCUT2D eigenvalue weighted by Crippen LogP contribution is 2.12. The average molecular weight is 241 g/mol. The molecule has 0 saturated carbocycles. The lowest BCUT2D eigenvalue weighted by Gasteiger charge is -2.30. The molecule has 1 aromatic rings. The molecule has 1 aliphatic heterocycles. The van der Waals surface area contributed by atoms with Crippen LogP contribution in [0.5, 0.6) is 0 Å². The van der Waals surface area contributed by atoms with Gasteiger partial charge in [-0.1, -0.05) is 11.6 Å². The lowest BCUT2D eigenvalue weighted by Crippen LogP contribution is -2.44. The molecule has 2 heterocycles. The maximum Gasteiger partial charge on any atom is 0.272 e. The molecule has 1 amide bonds. The Hall–Kier alpha value is -1.13. The summed E-state index contributed by atoms with van der Waals surface area (Å²) in [5, 5.41) is 0.527. The van der Waals surface area contributed by atoms with Crippen LogP contribution in [0, 0.1) is 0 Å². The molecule has 1 saturated heterocycles. The number of amides is 1. The minimum absolute atomic E-state index is 0.0804. The summed E-state index contributed by atoms with van der Waals surface area (Å²) in [6.07, 6.45) is 1.62. The molecule has 0 N–H and O–H groups in total. The number of nitrogens with zero attached hydrogens (tertiary/aromatic N) is 2. The highest BCUT2D eigenvalue weighted by Gasteiger charge is 2.23. The van der Waals surface area contributed by atoms with Gasteiger partial charge in [-0.05, 0) is 19.1 Å². The molecule has 5 heteroatoms. The zero-order chi connectivity index (χ0) is 11.5. The molecule has 86 valence electrons. The van der Waals surface area contributed by atoms with Crippen molar-refractivity contribution in [2.24, 2.45) is 0 Å². The van der Waals surface area contributed by atoms with Crippen LogP contribution in [0.1, 0.15) is 17.4 Å². The molecule has 1 fully saturated rings. The standard InChI is InChI=1S/C11H13ClN2O2/c1-8-7-14(4-5-16-8)11(15)10-6-9(12)2-3-13-10/h2-3,6,8H,4-5,7H2,1H3. The number of halogens is 1. The van der Waals surface area contributed by atoms with Gasteiger partial charge in [0, 0.05) is 24.3 Å². The van der Waals surface area contributed by atoms with Gasteiger partial charge in [-0.25, -0.2) is 0 Å². The molecule has 0 aromatic carbocycles. The van der Waals surface area contributed by atoms with Gasteiger partial charge in [0.1, 0.15) is 5.69 Å². The average Bonchev–Trinajstić information content (AvgIpc) is 2.28. The molecule has 16 heavy (non-hydrogen) atoms. The first kappa shape index (κ1) is 11.4. The predicted octanol–water partition coefficient (Wildman–Crippen LogP) is 1.60. The number of carbonyl (C=O) groups is 1. The highest BCUT2D eigenvalue weighted by atomic mass is 35.5. The van der Waals surface area contributed by atoms with E-state index in [1.807, 2.05) is 6.92 Å². The second-order valence-electron chi connectivity index (χ2n) is 3.79. The number of pyridine rings is 1. The van der Waals surface area contributed by atoms with Gasteiger partial charge in [-0.15, -0.1) is 0 Å². The Kier molecular flexibility index (Phi) is 3.41. The van der Waals surface area contributed by atoms with Gasteiger partial charge in [0.2, 0.25) is 0 Å². The summed E-state index contributed by atoms with van der Waals surface area (Å²) >= 11 is 5.82. The van der Waals surface area contributed by atoms with E-state index in [1.54, 1.807) is 23.2 Å². The lowest BCUT2D eigenvalue weighted by molar-refractivity contribution is -0.0126. The lowest BCUT2D eigenvalue weighted by atomic mass is 10.2. The van der Waals surface area contributed by atoms with Crippen LogP contribution in [0.15, 0.2) is 18.3 Å². The molecule has 4 nitrogen and oxygen atoms in total. The number of ether oxygens (including phenoxy) is 1. The Morgan fingerprint density at radius 1 is 1.69 bits per heavy atom. The predicted molar refractivity (Wildman–Crippen MR) is 60.6 cm³/mol. The van der Waals surface area contributed by atoms with Crippen molar-refractivity contribution in [3.8, 4) is 0 Å². The van der Waals surface area contributed by atoms with Crippen molar-refractivity contribution < 1.29 is 9.53 Å². The Bertz CT molecular complexity index is 397. The van der Waals surface area contributed by atoms with Crippen LogP contribution >= 0.6 is 11.6 Å². The van der Waals surface area contributed by atoms with Crippen molar-refractivity contribution in [3.05, 3.63) is 29.0 Å². The summed E-state index contributed by atoms with van der Waals surface area (Å²) in [5.41, 5.74) is 0.390. The van der Waals surface area contributed by atoms with Gasteiger partial charge in [-0.3, -0.25) is 9.78 Å². The second kappa shape index (κ2) is 4.80. The fourth-order valence-electron chi connectivity index (χ4n) is 1.69. The highest BCUT2D eigenvalue weighted by molar-refractivity contribution is 6.30. The number of morpholine rings is 1. The third-order valence-electron chi connectivity index (χ3n) is 2.47. The first-order chi connectivity index (χ1) is 7.66. The van der Waals surface area contributed by atoms with Gasteiger partial charge >= 0.3 is 0 Å². The number of carbonyl (C=O) groups excluding carboxylic acids is 1. The first-order valence-corrected chi connectivity index (χ1v) is 5.57. The molecule has 2 rings (SSSR count). The quantitative estimate of drug-likeness (QED) is 0.749. The molecule has 0 radical (unpaired) electrons. The number of aromatic nitrogens is 1. The van der Waals surface area contributed by atoms with E-state index in [2.05, 4.69) is 4.98 Å². The van der Waals surface area contributed by atoms with E-state index in [0.717, 1.165) is 0 Å². The fourth-order valence-corrected chi connectivity index (χ4v) is 1.85. The zero-order valence-electron chi connectivity index (χ0n) is 9.02. The maximum absolute atomic E-state index is 12.0. The smallest absolute Gasteiger partial charge is 0.272 e. The van der Waals surface area contributed by atoms with E-state index in [1.165, 1.54) is 0 Å². The minimum Gasteiger partial charge on any atom is -0.375 e. The molecule has 0 aliphatic carbocycles. The Balaban J connectivity index is 2.12. The van der Waals surface area contributed by atoms with Crippen LogP contribution in [0.4, 0.5) is 0 Å². The van der Waals surface area contributed by atoms with Gasteiger partial charge < -0.3 is 9.64 Å². The molecular formula is C11H13ClN2O2. The maximum atomic E-state index is 12.0. The van der Waals surface area contributed by atoms with Crippen molar-refractivity contribution in [1.29, 1.82) is 0 Å². The summed E-state index contributed by atoms with van der Waals surface area (Å²) in [4.78, 5) is 17.8. The van der Waals surface area contributed by atoms with E-state index >= 15 is 0 Å². The summed E-state index contributed by atoms with van der Waals surface area (Å²) in [6, 6.07) is 3.24. The topological polar surface area (TPSA) is 42.4 Å². The summed E-state index contributed by atoms with van der Waals surface area (Å²) < 4.78 is 5.38. The molecule has 1 atom stereocenters. The van der Waals surface area contributed by atoms with Crippen LogP contribution in [-0.2, 0) is 4.74 Å². The van der Waals surface area contributed by atoms with Gasteiger partial charge in [0.15, 0.2) is 0 Å². The van der Waals surface area contributed by atoms with Crippen molar-refractivity contribution in [2.45, 2.75) is 13.0 Å². The van der Waals surface area contributed by atoms with Crippen molar-refractivity contribution >= 4 is 17.5 Å². The molecule has 0 bridgehead atoms. The molecule has 1 aliphatic rings. The third kappa shape index (κ3) is 2.51. The van der Waals surface area contributed by atoms with Crippen molar-refractivity contribution in [2.75, 3.05) is 19.7 Å². The summed E-state index contributed by atoms with van der Waals surface area (Å²) in [6.45, 7) is 3.74. The van der Waals surface area contributed by atoms with Crippen LogP contribution in [-0.4, -0.2) is 41.6 Å².